The lowest BCUT2D eigenvalue weighted by atomic mass is 10.1. The highest BCUT2D eigenvalue weighted by Gasteiger charge is 2.23. The molecule has 1 fully saturated rings. The molecule has 6 heteroatoms. The third kappa shape index (κ3) is 4.32. The van der Waals surface area contributed by atoms with Gasteiger partial charge in [-0.05, 0) is 50.1 Å². The molecule has 0 aliphatic carbocycles. The molecule has 1 aliphatic heterocycles. The van der Waals surface area contributed by atoms with E-state index in [-0.39, 0.29) is 11.9 Å². The van der Waals surface area contributed by atoms with Crippen molar-refractivity contribution < 1.29 is 23.8 Å². The second-order valence-electron chi connectivity index (χ2n) is 7.13. The van der Waals surface area contributed by atoms with E-state index >= 15 is 0 Å². The van der Waals surface area contributed by atoms with E-state index in [0.717, 1.165) is 30.4 Å². The minimum Gasteiger partial charge on any atom is -0.491 e. The van der Waals surface area contributed by atoms with Crippen LogP contribution < -0.4 is 4.74 Å². The minimum absolute atomic E-state index is 0.135. The van der Waals surface area contributed by atoms with Crippen LogP contribution in [0.5, 0.6) is 5.75 Å². The lowest BCUT2D eigenvalue weighted by Gasteiger charge is -2.13. The molecule has 29 heavy (non-hydrogen) atoms. The molecule has 0 bridgehead atoms. The van der Waals surface area contributed by atoms with Crippen LogP contribution >= 0.6 is 0 Å². The van der Waals surface area contributed by atoms with E-state index in [1.807, 2.05) is 24.3 Å². The van der Waals surface area contributed by atoms with Gasteiger partial charge in [-0.1, -0.05) is 18.2 Å². The normalized spacial score (nSPS) is 17.2. The van der Waals surface area contributed by atoms with Crippen LogP contribution in [-0.2, 0) is 9.47 Å². The highest BCUT2D eigenvalue weighted by atomic mass is 16.5. The summed E-state index contributed by atoms with van der Waals surface area (Å²) in [4.78, 5) is 28.2. The number of carbonyl (C=O) groups excluding carboxylic acids is 2. The maximum absolute atomic E-state index is 12.7. The van der Waals surface area contributed by atoms with Crippen molar-refractivity contribution in [2.45, 2.75) is 32.0 Å². The number of para-hydroxylation sites is 1. The fourth-order valence-corrected chi connectivity index (χ4v) is 3.43. The molecule has 1 N–H and O–H groups in total. The Bertz CT molecular complexity index is 1000. The number of rotatable bonds is 7. The van der Waals surface area contributed by atoms with Crippen LogP contribution in [0.15, 0.2) is 54.7 Å². The molecule has 2 aromatic carbocycles. The Hall–Kier alpha value is -3.12. The van der Waals surface area contributed by atoms with E-state index in [4.69, 9.17) is 14.2 Å². The Labute approximate surface area is 168 Å². The highest BCUT2D eigenvalue weighted by molar-refractivity contribution is 6.10. The minimum atomic E-state index is -0.892. The first-order chi connectivity index (χ1) is 14.1. The van der Waals surface area contributed by atoms with Crippen LogP contribution in [0.25, 0.3) is 10.9 Å². The fraction of sp³-hybridized carbons (Fsp3) is 0.304. The van der Waals surface area contributed by atoms with E-state index in [1.54, 1.807) is 37.4 Å². The Morgan fingerprint density at radius 3 is 2.72 bits per heavy atom. The third-order valence-corrected chi connectivity index (χ3v) is 5.06. The van der Waals surface area contributed by atoms with Gasteiger partial charge < -0.3 is 19.2 Å². The number of ketones is 1. The molecule has 1 aromatic heterocycles. The summed E-state index contributed by atoms with van der Waals surface area (Å²) in [5, 5.41) is 0.813. The van der Waals surface area contributed by atoms with Gasteiger partial charge in [0.15, 0.2) is 6.10 Å². The number of esters is 1. The number of aromatic amines is 1. The van der Waals surface area contributed by atoms with Crippen LogP contribution in [0.2, 0.25) is 0 Å². The van der Waals surface area contributed by atoms with Crippen LogP contribution in [0.3, 0.4) is 0 Å². The van der Waals surface area contributed by atoms with Gasteiger partial charge in [-0.3, -0.25) is 4.79 Å². The Balaban J connectivity index is 1.36. The molecule has 6 nitrogen and oxygen atoms in total. The van der Waals surface area contributed by atoms with Crippen molar-refractivity contribution >= 4 is 22.7 Å². The van der Waals surface area contributed by atoms with Gasteiger partial charge >= 0.3 is 5.97 Å². The van der Waals surface area contributed by atoms with E-state index in [0.29, 0.717) is 23.5 Å². The maximum atomic E-state index is 12.7. The van der Waals surface area contributed by atoms with Gasteiger partial charge in [0, 0.05) is 29.3 Å². The van der Waals surface area contributed by atoms with Gasteiger partial charge in [0.2, 0.25) is 5.78 Å². The number of Topliss-reactive ketones (excluding diaryl/α,β-unsaturated/α-hetero) is 1. The van der Waals surface area contributed by atoms with E-state index < -0.39 is 12.1 Å². The van der Waals surface area contributed by atoms with Gasteiger partial charge in [0.25, 0.3) is 0 Å². The van der Waals surface area contributed by atoms with Crippen molar-refractivity contribution in [3.8, 4) is 5.75 Å². The number of fused-ring (bicyclic) bond motifs is 1. The Kier molecular flexibility index (Phi) is 5.62. The zero-order valence-corrected chi connectivity index (χ0v) is 16.2. The summed E-state index contributed by atoms with van der Waals surface area (Å²) in [5.74, 6) is -0.122. The van der Waals surface area contributed by atoms with Crippen molar-refractivity contribution in [2.75, 3.05) is 13.2 Å². The topological polar surface area (TPSA) is 77.6 Å². The average molecular weight is 393 g/mol. The Morgan fingerprint density at radius 1 is 1.17 bits per heavy atom. The molecule has 150 valence electrons. The lowest BCUT2D eigenvalue weighted by Crippen LogP contribution is -2.24. The number of carbonyl (C=O) groups is 2. The van der Waals surface area contributed by atoms with E-state index in [1.165, 1.54) is 0 Å². The summed E-state index contributed by atoms with van der Waals surface area (Å²) >= 11 is 0. The first kappa shape index (κ1) is 19.2. The zero-order chi connectivity index (χ0) is 20.2. The van der Waals surface area contributed by atoms with Gasteiger partial charge in [-0.25, -0.2) is 4.79 Å². The molecule has 0 spiro atoms. The summed E-state index contributed by atoms with van der Waals surface area (Å²) in [6.45, 7) is 2.87. The van der Waals surface area contributed by atoms with Crippen molar-refractivity contribution in [1.29, 1.82) is 0 Å². The number of ether oxygens (including phenoxy) is 3. The molecule has 1 saturated heterocycles. The molecule has 0 saturated carbocycles. The molecule has 2 heterocycles. The number of benzene rings is 2. The fourth-order valence-electron chi connectivity index (χ4n) is 3.43. The van der Waals surface area contributed by atoms with Crippen LogP contribution in [0, 0.1) is 0 Å². The number of H-pyrrole nitrogens is 1. The molecular weight excluding hydrogens is 370 g/mol. The lowest BCUT2D eigenvalue weighted by molar-refractivity contribution is 0.0319. The van der Waals surface area contributed by atoms with Crippen LogP contribution in [0.1, 0.15) is 40.5 Å². The number of aromatic nitrogens is 1. The van der Waals surface area contributed by atoms with Crippen LogP contribution in [0.4, 0.5) is 0 Å². The maximum Gasteiger partial charge on any atom is 0.338 e. The number of hydrogen-bond donors (Lipinski definition) is 1. The SMILES string of the molecule is C[C@@H](OC(=O)c1ccc(OC[C@@H]2CCCO2)cc1)C(=O)c1c[nH]c2ccccc12. The monoisotopic (exact) mass is 393 g/mol. The largest absolute Gasteiger partial charge is 0.491 e. The standard InChI is InChI=1S/C23H23NO5/c1-15(22(25)20-13-24-21-7-3-2-6-19(20)21)29-23(26)16-8-10-17(11-9-16)28-14-18-5-4-12-27-18/h2-3,6-11,13,15,18,24H,4-5,12,14H2,1H3/t15-,18+/m1/s1. The average Bonchev–Trinajstić information content (AvgIpc) is 3.42. The first-order valence-corrected chi connectivity index (χ1v) is 9.77. The quantitative estimate of drug-likeness (QED) is 0.482. The van der Waals surface area contributed by atoms with Gasteiger partial charge in [-0.15, -0.1) is 0 Å². The molecule has 0 amide bonds. The van der Waals surface area contributed by atoms with Gasteiger partial charge in [0.05, 0.1) is 11.7 Å². The number of nitrogens with one attached hydrogen (secondary N) is 1. The van der Waals surface area contributed by atoms with Crippen molar-refractivity contribution in [2.24, 2.45) is 0 Å². The van der Waals surface area contributed by atoms with Gasteiger partial charge in [0.1, 0.15) is 12.4 Å². The molecule has 1 aliphatic rings. The smallest absolute Gasteiger partial charge is 0.338 e. The van der Waals surface area contributed by atoms with Crippen LogP contribution in [-0.4, -0.2) is 42.2 Å². The first-order valence-electron chi connectivity index (χ1n) is 9.77. The van der Waals surface area contributed by atoms with E-state index in [9.17, 15) is 9.59 Å². The molecule has 3 aromatic rings. The summed E-state index contributed by atoms with van der Waals surface area (Å²) in [6, 6.07) is 14.2. The summed E-state index contributed by atoms with van der Waals surface area (Å²) < 4.78 is 16.6. The molecule has 2 atom stereocenters. The zero-order valence-electron chi connectivity index (χ0n) is 16.2. The van der Waals surface area contributed by atoms with Gasteiger partial charge in [-0.2, -0.15) is 0 Å². The predicted molar refractivity (Wildman–Crippen MR) is 108 cm³/mol. The second kappa shape index (κ2) is 8.49. The van der Waals surface area contributed by atoms with Crippen molar-refractivity contribution in [3.05, 3.63) is 65.9 Å². The molecule has 0 unspecified atom stereocenters. The molecule has 0 radical (unpaired) electrons. The van der Waals surface area contributed by atoms with E-state index in [2.05, 4.69) is 4.98 Å². The summed E-state index contributed by atoms with van der Waals surface area (Å²) in [6.07, 6.45) is 2.96. The third-order valence-electron chi connectivity index (χ3n) is 5.06. The molecular formula is C23H23NO5. The highest BCUT2D eigenvalue weighted by Crippen LogP contribution is 2.21. The number of hydrogen-bond acceptors (Lipinski definition) is 5. The summed E-state index contributed by atoms with van der Waals surface area (Å²) in [5.41, 5.74) is 1.75. The van der Waals surface area contributed by atoms with Crippen molar-refractivity contribution in [1.82, 2.24) is 4.98 Å². The second-order valence-corrected chi connectivity index (χ2v) is 7.13. The molecule has 4 rings (SSSR count). The summed E-state index contributed by atoms with van der Waals surface area (Å²) in [7, 11) is 0. The van der Waals surface area contributed by atoms with Crippen molar-refractivity contribution in [3.63, 3.8) is 0 Å². The predicted octanol–water partition coefficient (Wildman–Crippen LogP) is 4.15. The Morgan fingerprint density at radius 2 is 1.97 bits per heavy atom.